The smallest absolute Gasteiger partial charge is 0.234 e. The molecule has 0 aliphatic rings. The summed E-state index contributed by atoms with van der Waals surface area (Å²) in [6, 6.07) is 4.22. The van der Waals surface area contributed by atoms with Gasteiger partial charge >= 0.3 is 0 Å². The first kappa shape index (κ1) is 14.8. The van der Waals surface area contributed by atoms with Crippen LogP contribution in [0.4, 0.5) is 4.39 Å². The normalized spacial score (nSPS) is 12.2. The van der Waals surface area contributed by atoms with Crippen molar-refractivity contribution in [1.82, 2.24) is 4.90 Å². The molecule has 0 radical (unpaired) electrons. The van der Waals surface area contributed by atoms with Crippen molar-refractivity contribution in [2.24, 2.45) is 5.73 Å². The first-order valence-corrected chi connectivity index (χ1v) is 6.95. The average molecular weight is 272 g/mol. The molecule has 1 atom stereocenters. The van der Waals surface area contributed by atoms with Crippen molar-refractivity contribution in [3.63, 3.8) is 0 Å². The summed E-state index contributed by atoms with van der Waals surface area (Å²) in [6.45, 7) is 0.258. The lowest BCUT2D eigenvalue weighted by atomic mass is 10.1. The number of hydrogen-bond donors (Lipinski definition) is 1. The Labute approximate surface area is 108 Å². The molecule has 0 aliphatic carbocycles. The molecule has 1 amide bonds. The lowest BCUT2D eigenvalue weighted by molar-refractivity contribution is -0.125. The van der Waals surface area contributed by atoms with E-state index in [1.165, 1.54) is 17.0 Å². The zero-order valence-electron chi connectivity index (χ0n) is 10.5. The van der Waals surface area contributed by atoms with Gasteiger partial charge in [-0.1, -0.05) is 6.07 Å². The first-order valence-electron chi connectivity index (χ1n) is 5.46. The van der Waals surface area contributed by atoms with Crippen LogP contribution in [0.25, 0.3) is 0 Å². The molecule has 6 heteroatoms. The highest BCUT2D eigenvalue weighted by atomic mass is 32.2. The summed E-state index contributed by atoms with van der Waals surface area (Å²) in [7, 11) is 1.85. The number of carbonyl (C=O) groups excluding carboxylic acids is 1. The summed E-state index contributed by atoms with van der Waals surface area (Å²) in [5, 5.41) is 0. The van der Waals surface area contributed by atoms with E-state index in [0.29, 0.717) is 5.56 Å². The number of nitrogens with zero attached hydrogens (tertiary/aromatic N) is 1. The highest BCUT2D eigenvalue weighted by Gasteiger charge is 2.12. The number of hydrogen-bond acceptors (Lipinski definition) is 3. The molecule has 0 aromatic heterocycles. The summed E-state index contributed by atoms with van der Waals surface area (Å²) in [5.74, 6) is -0.519. The Kier molecular flexibility index (Phi) is 5.43. The zero-order chi connectivity index (χ0) is 13.7. The molecule has 0 aliphatic heterocycles. The number of amides is 1. The maximum absolute atomic E-state index is 13.1. The summed E-state index contributed by atoms with van der Waals surface area (Å²) in [4.78, 5) is 12.8. The molecule has 100 valence electrons. The predicted octanol–water partition coefficient (Wildman–Crippen LogP) is 0.621. The van der Waals surface area contributed by atoms with Crippen molar-refractivity contribution in [2.45, 2.75) is 12.3 Å². The zero-order valence-corrected chi connectivity index (χ0v) is 11.3. The van der Waals surface area contributed by atoms with Crippen molar-refractivity contribution in [2.75, 3.05) is 19.8 Å². The summed E-state index contributed by atoms with van der Waals surface area (Å²) < 4.78 is 24.9. The Morgan fingerprint density at radius 3 is 2.61 bits per heavy atom. The van der Waals surface area contributed by atoms with E-state index >= 15 is 0 Å². The maximum Gasteiger partial charge on any atom is 0.234 e. The number of halogens is 1. The topological polar surface area (TPSA) is 63.4 Å². The molecule has 1 rings (SSSR count). The van der Waals surface area contributed by atoms with Gasteiger partial charge in [-0.25, -0.2) is 4.39 Å². The lowest BCUT2D eigenvalue weighted by Gasteiger charge is -2.11. The molecular weight excluding hydrogens is 255 g/mol. The van der Waals surface area contributed by atoms with Gasteiger partial charge in [-0.2, -0.15) is 0 Å². The Morgan fingerprint density at radius 1 is 1.39 bits per heavy atom. The molecule has 0 fully saturated rings. The van der Waals surface area contributed by atoms with E-state index < -0.39 is 16.6 Å². The van der Waals surface area contributed by atoms with E-state index in [-0.39, 0.29) is 24.0 Å². The van der Waals surface area contributed by atoms with E-state index in [9.17, 15) is 13.4 Å². The van der Waals surface area contributed by atoms with Crippen molar-refractivity contribution in [3.05, 3.63) is 35.1 Å². The van der Waals surface area contributed by atoms with Crippen LogP contribution in [-0.4, -0.2) is 34.9 Å². The molecule has 18 heavy (non-hydrogen) atoms. The van der Waals surface area contributed by atoms with E-state index in [4.69, 9.17) is 5.73 Å². The summed E-state index contributed by atoms with van der Waals surface area (Å²) >= 11 is 0. The van der Waals surface area contributed by atoms with Gasteiger partial charge in [0.2, 0.25) is 5.91 Å². The highest BCUT2D eigenvalue weighted by molar-refractivity contribution is 7.84. The van der Waals surface area contributed by atoms with Crippen LogP contribution in [0.1, 0.15) is 11.1 Å². The van der Waals surface area contributed by atoms with Crippen molar-refractivity contribution in [1.29, 1.82) is 0 Å². The molecule has 0 spiro atoms. The van der Waals surface area contributed by atoms with E-state index in [1.807, 2.05) is 0 Å². The van der Waals surface area contributed by atoms with Gasteiger partial charge in [-0.3, -0.25) is 9.00 Å². The molecule has 2 N–H and O–H groups in total. The van der Waals surface area contributed by atoms with Crippen molar-refractivity contribution >= 4 is 16.7 Å². The Hall–Kier alpha value is -1.27. The monoisotopic (exact) mass is 272 g/mol. The maximum atomic E-state index is 13.1. The Bertz CT molecular complexity index is 463. The minimum atomic E-state index is -1.36. The average Bonchev–Trinajstić information content (AvgIpc) is 2.28. The fraction of sp³-hybridized carbons (Fsp3) is 0.417. The van der Waals surface area contributed by atoms with Gasteiger partial charge in [-0.15, -0.1) is 0 Å². The van der Waals surface area contributed by atoms with E-state index in [2.05, 4.69) is 0 Å². The van der Waals surface area contributed by atoms with Gasteiger partial charge in [0.15, 0.2) is 0 Å². The van der Waals surface area contributed by atoms with Crippen LogP contribution >= 0.6 is 0 Å². The van der Waals surface area contributed by atoms with Crippen LogP contribution in [0.5, 0.6) is 0 Å². The number of rotatable bonds is 5. The minimum Gasteiger partial charge on any atom is -0.348 e. The lowest BCUT2D eigenvalue weighted by Crippen LogP contribution is -2.27. The van der Waals surface area contributed by atoms with Crippen LogP contribution in [0.15, 0.2) is 18.2 Å². The second kappa shape index (κ2) is 6.61. The van der Waals surface area contributed by atoms with Crippen LogP contribution in [0, 0.1) is 5.82 Å². The van der Waals surface area contributed by atoms with Gasteiger partial charge in [0, 0.05) is 37.2 Å². The molecule has 0 saturated heterocycles. The highest BCUT2D eigenvalue weighted by Crippen LogP contribution is 2.13. The summed E-state index contributed by atoms with van der Waals surface area (Å²) in [5.41, 5.74) is 6.88. The first-order chi connectivity index (χ1) is 8.43. The third kappa shape index (κ3) is 4.19. The van der Waals surface area contributed by atoms with Crippen molar-refractivity contribution in [3.8, 4) is 0 Å². The van der Waals surface area contributed by atoms with Crippen LogP contribution in [0.2, 0.25) is 0 Å². The Morgan fingerprint density at radius 2 is 2.06 bits per heavy atom. The molecule has 1 aromatic carbocycles. The van der Waals surface area contributed by atoms with E-state index in [1.54, 1.807) is 20.2 Å². The van der Waals surface area contributed by atoms with Gasteiger partial charge in [0.05, 0.1) is 0 Å². The quantitative estimate of drug-likeness (QED) is 0.854. The molecule has 4 nitrogen and oxygen atoms in total. The molecule has 0 heterocycles. The number of benzene rings is 1. The molecule has 0 bridgehead atoms. The van der Waals surface area contributed by atoms with Crippen LogP contribution in [-0.2, 0) is 27.9 Å². The number of nitrogens with two attached hydrogens (primary N) is 1. The second-order valence-corrected chi connectivity index (χ2v) is 5.59. The molecule has 1 aromatic rings. The second-order valence-electron chi connectivity index (χ2n) is 4.13. The van der Waals surface area contributed by atoms with Gasteiger partial charge < -0.3 is 10.6 Å². The van der Waals surface area contributed by atoms with Gasteiger partial charge in [-0.05, 0) is 23.3 Å². The molecule has 0 saturated carbocycles. The predicted molar refractivity (Wildman–Crippen MR) is 69.7 cm³/mol. The Balaban J connectivity index is 2.75. The standard InChI is InChI=1S/C12H17FN2O2S/c1-15(2)12(16)8-18(17)7-10-5-11(13)4-3-9(10)6-14/h3-5H,6-8,14H2,1-2H3. The molecule has 1 unspecified atom stereocenters. The van der Waals surface area contributed by atoms with Crippen molar-refractivity contribution < 1.29 is 13.4 Å². The molecular formula is C12H17FN2O2S. The van der Waals surface area contributed by atoms with Crippen LogP contribution < -0.4 is 5.73 Å². The summed E-state index contributed by atoms with van der Waals surface area (Å²) in [6.07, 6.45) is 0. The van der Waals surface area contributed by atoms with Gasteiger partial charge in [0.25, 0.3) is 0 Å². The number of carbonyl (C=O) groups is 1. The fourth-order valence-electron chi connectivity index (χ4n) is 1.42. The van der Waals surface area contributed by atoms with Crippen LogP contribution in [0.3, 0.4) is 0 Å². The third-order valence-electron chi connectivity index (χ3n) is 2.49. The fourth-order valence-corrected chi connectivity index (χ4v) is 2.67. The largest absolute Gasteiger partial charge is 0.348 e. The minimum absolute atomic E-state index is 0.0620. The van der Waals surface area contributed by atoms with E-state index in [0.717, 1.165) is 5.56 Å². The van der Waals surface area contributed by atoms with Gasteiger partial charge in [0.1, 0.15) is 11.6 Å². The SMILES string of the molecule is CN(C)C(=O)CS(=O)Cc1cc(F)ccc1CN. The third-order valence-corrected chi connectivity index (χ3v) is 3.69.